The molecule has 1 atom stereocenters. The first-order chi connectivity index (χ1) is 25.1. The van der Waals surface area contributed by atoms with Gasteiger partial charge in [0, 0.05) is 45.0 Å². The number of nitrogens with zero attached hydrogens (tertiary/aromatic N) is 2. The minimum absolute atomic E-state index is 0.357. The second kappa shape index (κ2) is 17.5. The zero-order valence-corrected chi connectivity index (χ0v) is 33.4. The molecule has 0 N–H and O–H groups in total. The van der Waals surface area contributed by atoms with Crippen LogP contribution in [-0.2, 0) is 13.0 Å². The summed E-state index contributed by atoms with van der Waals surface area (Å²) in [5.74, 6) is 2.07. The maximum absolute atomic E-state index is 2.51. The molecule has 2 heterocycles. The van der Waals surface area contributed by atoms with Crippen molar-refractivity contribution >= 4 is 81.3 Å². The number of hydrogen-bond acceptors (Lipinski definition) is 6. The zero-order chi connectivity index (χ0) is 35.0. The molecular weight excluding hydrogens is 717 g/mol. The number of rotatable bonds is 13. The van der Waals surface area contributed by atoms with Gasteiger partial charge in [-0.1, -0.05) is 108 Å². The molecule has 2 nitrogen and oxygen atoms in total. The summed E-state index contributed by atoms with van der Waals surface area (Å²) in [7, 11) is 0. The van der Waals surface area contributed by atoms with E-state index in [2.05, 4.69) is 169 Å². The monoisotopic (exact) mass is 759 g/mol. The highest BCUT2D eigenvalue weighted by Crippen LogP contribution is 2.49. The lowest BCUT2D eigenvalue weighted by molar-refractivity contribution is -0.699. The van der Waals surface area contributed by atoms with Crippen molar-refractivity contribution in [3.8, 4) is 0 Å². The van der Waals surface area contributed by atoms with Gasteiger partial charge in [0.1, 0.15) is 5.25 Å². The van der Waals surface area contributed by atoms with Gasteiger partial charge in [-0.2, -0.15) is 0 Å². The molecule has 0 fully saturated rings. The van der Waals surface area contributed by atoms with E-state index in [1.54, 1.807) is 0 Å². The highest BCUT2D eigenvalue weighted by molar-refractivity contribution is 8.04. The van der Waals surface area contributed by atoms with Crippen LogP contribution in [0.2, 0.25) is 0 Å². The molecule has 0 amide bonds. The van der Waals surface area contributed by atoms with Crippen molar-refractivity contribution in [1.82, 2.24) is 0 Å². The fraction of sp³-hybridized carbons (Fsp3) is 0.205. The highest BCUT2D eigenvalue weighted by atomic mass is 32.2. The van der Waals surface area contributed by atoms with Gasteiger partial charge in [0.15, 0.2) is 12.7 Å². The second-order valence-corrected chi connectivity index (χ2v) is 17.7. The van der Waals surface area contributed by atoms with Crippen LogP contribution in [0.5, 0.6) is 0 Å². The van der Waals surface area contributed by atoms with E-state index in [1.807, 2.05) is 58.8 Å². The van der Waals surface area contributed by atoms with E-state index in [4.69, 9.17) is 0 Å². The third-order valence-electron chi connectivity index (χ3n) is 9.18. The van der Waals surface area contributed by atoms with Crippen LogP contribution in [0.4, 0.5) is 5.69 Å². The molecule has 0 spiro atoms. The Kier molecular flexibility index (Phi) is 12.4. The molecule has 7 rings (SSSR count). The van der Waals surface area contributed by atoms with Gasteiger partial charge >= 0.3 is 0 Å². The molecule has 1 aliphatic carbocycles. The van der Waals surface area contributed by atoms with Crippen LogP contribution in [0, 0.1) is 0 Å². The van der Waals surface area contributed by atoms with Crippen LogP contribution >= 0.6 is 58.8 Å². The Labute approximate surface area is 325 Å². The van der Waals surface area contributed by atoms with Crippen molar-refractivity contribution in [3.05, 3.63) is 166 Å². The summed E-state index contributed by atoms with van der Waals surface area (Å²) in [4.78, 5) is 7.98. The Morgan fingerprint density at radius 3 is 2.33 bits per heavy atom. The van der Waals surface area contributed by atoms with Gasteiger partial charge in [0.05, 0.1) is 16.5 Å². The number of aryl methyl sites for hydroxylation is 1. The minimum Gasteiger partial charge on any atom is -0.334 e. The summed E-state index contributed by atoms with van der Waals surface area (Å²) in [6.07, 6.45) is 19.5. The summed E-state index contributed by atoms with van der Waals surface area (Å²) in [6.45, 7) is 4.17. The lowest BCUT2D eigenvalue weighted by Crippen LogP contribution is -2.42. The van der Waals surface area contributed by atoms with Gasteiger partial charge in [-0.15, -0.1) is 47.0 Å². The summed E-state index contributed by atoms with van der Waals surface area (Å²) in [5, 5.41) is 4.27. The molecule has 1 aromatic heterocycles. The number of benzene rings is 4. The average Bonchev–Trinajstić information content (AvgIpc) is 3.54. The summed E-state index contributed by atoms with van der Waals surface area (Å²) >= 11 is 9.58. The summed E-state index contributed by atoms with van der Waals surface area (Å²) in [5.41, 5.74) is 6.80. The topological polar surface area (TPSA) is 7.12 Å². The first kappa shape index (κ1) is 36.2. The van der Waals surface area contributed by atoms with Crippen LogP contribution in [-0.4, -0.2) is 30.6 Å². The zero-order valence-electron chi connectivity index (χ0n) is 29.3. The number of aromatic nitrogens is 1. The van der Waals surface area contributed by atoms with E-state index in [1.165, 1.54) is 63.5 Å². The molecule has 2 aliphatic rings. The first-order valence-corrected chi connectivity index (χ1v) is 22.6. The molecule has 4 aromatic carbocycles. The Morgan fingerprint density at radius 1 is 0.863 bits per heavy atom. The maximum Gasteiger partial charge on any atom is 0.202 e. The van der Waals surface area contributed by atoms with E-state index < -0.39 is 0 Å². The Bertz CT molecular complexity index is 2100. The van der Waals surface area contributed by atoms with Crippen LogP contribution in [0.25, 0.3) is 16.8 Å². The van der Waals surface area contributed by atoms with Crippen molar-refractivity contribution in [2.75, 3.05) is 35.5 Å². The normalized spacial score (nSPS) is 16.6. The number of fused-ring (bicyclic) bond motifs is 4. The van der Waals surface area contributed by atoms with Crippen LogP contribution in [0.1, 0.15) is 29.0 Å². The standard InChI is InChI=1S/C44H43N2S5/c1-32(18-20-34-24-25-45(26-28-49-35-13-6-4-7-14-35)43-39(34)30-37(47-2)31-41(43)48-3)19-23-42-46(27-29-50-36-15-8-5-9-16-36)40-22-21-33-12-10-11-17-38(33)44(40)51-42/h4-25,31,41H,26-30H2,1-3H3/q+1. The Balaban J connectivity index is 1.13. The number of pyridine rings is 1. The number of anilines is 1. The van der Waals surface area contributed by atoms with Gasteiger partial charge < -0.3 is 4.90 Å². The molecule has 51 heavy (non-hydrogen) atoms. The van der Waals surface area contributed by atoms with E-state index in [-0.39, 0.29) is 0 Å². The van der Waals surface area contributed by atoms with Crippen molar-refractivity contribution in [1.29, 1.82) is 0 Å². The third-order valence-corrected chi connectivity index (χ3v) is 14.0. The summed E-state index contributed by atoms with van der Waals surface area (Å²) in [6, 6.07) is 37.1. The molecule has 0 saturated carbocycles. The molecule has 0 saturated heterocycles. The summed E-state index contributed by atoms with van der Waals surface area (Å²) < 4.78 is 2.51. The van der Waals surface area contributed by atoms with Crippen molar-refractivity contribution < 1.29 is 4.57 Å². The fourth-order valence-corrected chi connectivity index (χ4v) is 11.0. The lowest BCUT2D eigenvalue weighted by Gasteiger charge is -2.22. The quantitative estimate of drug-likeness (QED) is 0.0666. The van der Waals surface area contributed by atoms with Crippen molar-refractivity contribution in [2.45, 2.75) is 39.8 Å². The Hall–Kier alpha value is -3.20. The van der Waals surface area contributed by atoms with Gasteiger partial charge in [0.2, 0.25) is 5.69 Å². The Morgan fingerprint density at radius 2 is 1.59 bits per heavy atom. The fourth-order valence-electron chi connectivity index (χ4n) is 6.57. The van der Waals surface area contributed by atoms with E-state index in [0.29, 0.717) is 5.25 Å². The third kappa shape index (κ3) is 8.72. The molecule has 258 valence electrons. The SMILES string of the molecule is CSC1=CC(SC)c2c(c(C=CC(C)=CC=C3Sc4c(ccc5ccccc45)N3CCSc3ccccc3)cc[n+]2CCSc2ccccc2)C1. The van der Waals surface area contributed by atoms with Crippen LogP contribution in [0.3, 0.4) is 0 Å². The van der Waals surface area contributed by atoms with Gasteiger partial charge in [0.25, 0.3) is 0 Å². The van der Waals surface area contributed by atoms with Crippen LogP contribution < -0.4 is 9.47 Å². The van der Waals surface area contributed by atoms with Gasteiger partial charge in [-0.05, 0) is 77.1 Å². The molecule has 0 bridgehead atoms. The smallest absolute Gasteiger partial charge is 0.202 e. The predicted molar refractivity (Wildman–Crippen MR) is 231 cm³/mol. The number of hydrogen-bond donors (Lipinski definition) is 0. The van der Waals surface area contributed by atoms with E-state index in [9.17, 15) is 0 Å². The molecule has 7 heteroatoms. The van der Waals surface area contributed by atoms with E-state index in [0.717, 1.165) is 31.0 Å². The average molecular weight is 760 g/mol. The molecular formula is C44H43N2S5+. The molecule has 0 radical (unpaired) electrons. The number of allylic oxidation sites excluding steroid dienone is 5. The molecule has 5 aromatic rings. The lowest BCUT2D eigenvalue weighted by atomic mass is 9.95. The highest BCUT2D eigenvalue weighted by Gasteiger charge is 2.31. The second-order valence-electron chi connectivity index (χ2n) is 12.5. The molecule has 1 unspecified atom stereocenters. The van der Waals surface area contributed by atoms with E-state index >= 15 is 0 Å². The maximum atomic E-state index is 2.51. The largest absolute Gasteiger partial charge is 0.334 e. The van der Waals surface area contributed by atoms with Gasteiger partial charge in [-0.3, -0.25) is 0 Å². The van der Waals surface area contributed by atoms with Crippen molar-refractivity contribution in [3.63, 3.8) is 0 Å². The van der Waals surface area contributed by atoms with Crippen molar-refractivity contribution in [2.24, 2.45) is 0 Å². The van der Waals surface area contributed by atoms with Gasteiger partial charge in [-0.25, -0.2) is 4.57 Å². The number of thioether (sulfide) groups is 5. The minimum atomic E-state index is 0.357. The predicted octanol–water partition coefficient (Wildman–Crippen LogP) is 12.3. The first-order valence-electron chi connectivity index (χ1n) is 17.3. The van der Waals surface area contributed by atoms with Crippen LogP contribution in [0.15, 0.2) is 164 Å². The molecule has 1 aliphatic heterocycles.